The lowest BCUT2D eigenvalue weighted by molar-refractivity contribution is -0.244. The highest BCUT2D eigenvalue weighted by atomic mass is 32.2. The molecule has 2 aliphatic carbocycles. The van der Waals surface area contributed by atoms with E-state index in [1.165, 1.54) is 20.1 Å². The third kappa shape index (κ3) is 9.71. The smallest absolute Gasteiger partial charge is 0.438 e. The number of alkyl carbamates (subject to hydrolysis) is 1. The van der Waals surface area contributed by atoms with Crippen molar-refractivity contribution in [2.45, 2.75) is 126 Å². The minimum atomic E-state index is -4.98. The Bertz CT molecular complexity index is 2290. The summed E-state index contributed by atoms with van der Waals surface area (Å²) in [6.07, 6.45) is -7.40. The largest absolute Gasteiger partial charge is 0.493 e. The molecule has 16 nitrogen and oxygen atoms in total. The highest BCUT2D eigenvalue weighted by Crippen LogP contribution is 2.48. The van der Waals surface area contributed by atoms with Crippen LogP contribution >= 0.6 is 0 Å². The van der Waals surface area contributed by atoms with Crippen LogP contribution < -0.4 is 29.6 Å². The number of nitrogens with zero attached hydrogens (tertiary/aromatic N) is 3. The normalized spacial score (nSPS) is 27.8. The number of allylic oxidation sites excluding steroid dienone is 1. The second kappa shape index (κ2) is 16.8. The molecule has 2 aliphatic heterocycles. The van der Waals surface area contributed by atoms with Crippen LogP contribution in [0.4, 0.5) is 31.1 Å². The molecule has 2 saturated carbocycles. The molecule has 6 rings (SSSR count). The van der Waals surface area contributed by atoms with E-state index in [2.05, 4.69) is 25.3 Å². The number of aromatic nitrogens is 2. The zero-order chi connectivity index (χ0) is 46.7. The standard InChI is InChI=1S/C40H50F6N6O10S/c1-20-10-8-9-11-22-18-38(22,34(55)51-63(57,58)37(5)12-13-37)50-31(53)26-15-23(19-52(26)33(54)29(21(2)14-20)49-35(56)62-36(3,4)40(44,45)46)61-28-17-25-24(16-27(28)59-6)47-30(39(41,42)43)32(48-25)60-7/h9,11,16-17,20-23,26,29H,8,10,12-15,18-19H2,1-7H3,(H,49,56)(H,50,53)(H,51,55). The highest BCUT2D eigenvalue weighted by Gasteiger charge is 2.63. The molecule has 23 heteroatoms. The summed E-state index contributed by atoms with van der Waals surface area (Å²) in [5, 5.41) is 5.01. The molecule has 0 radical (unpaired) electrons. The Morgan fingerprint density at radius 3 is 2.22 bits per heavy atom. The van der Waals surface area contributed by atoms with Gasteiger partial charge in [-0.2, -0.15) is 26.3 Å². The molecule has 3 N–H and O–H groups in total. The zero-order valence-electron chi connectivity index (χ0n) is 35.5. The van der Waals surface area contributed by atoms with E-state index >= 15 is 0 Å². The fourth-order valence-corrected chi connectivity index (χ4v) is 9.16. The molecule has 63 heavy (non-hydrogen) atoms. The molecule has 1 aromatic heterocycles. The van der Waals surface area contributed by atoms with Crippen molar-refractivity contribution in [3.63, 3.8) is 0 Å². The fourth-order valence-electron chi connectivity index (χ4n) is 7.85. The van der Waals surface area contributed by atoms with Gasteiger partial charge in [0.25, 0.3) is 5.91 Å². The lowest BCUT2D eigenvalue weighted by Crippen LogP contribution is -2.59. The number of benzene rings is 1. The number of nitrogens with one attached hydrogen (secondary N) is 3. The maximum atomic E-state index is 14.8. The SMILES string of the molecule is COc1cc2nc(C(F)(F)F)c(OC)nc2cc1OC1CC2C(=O)NC3(C(=O)NS(=O)(=O)C4(C)CC4)CC3C=CCCC(C)CC(C)C(NC(=O)OC(C)(C)C(F)(F)F)C(=O)N2C1. The molecule has 0 bridgehead atoms. The van der Waals surface area contributed by atoms with Crippen molar-refractivity contribution in [1.29, 1.82) is 0 Å². The predicted octanol–water partition coefficient (Wildman–Crippen LogP) is 5.34. The summed E-state index contributed by atoms with van der Waals surface area (Å²) in [6, 6.07) is -0.698. The molecule has 3 fully saturated rings. The van der Waals surface area contributed by atoms with E-state index in [0.29, 0.717) is 39.5 Å². The lowest BCUT2D eigenvalue weighted by atomic mass is 9.88. The van der Waals surface area contributed by atoms with Gasteiger partial charge in [0.05, 0.1) is 36.5 Å². The van der Waals surface area contributed by atoms with Gasteiger partial charge < -0.3 is 34.5 Å². The summed E-state index contributed by atoms with van der Waals surface area (Å²) >= 11 is 0. The molecule has 1 saturated heterocycles. The lowest BCUT2D eigenvalue weighted by Gasteiger charge is -2.34. The first-order valence-electron chi connectivity index (χ1n) is 20.2. The summed E-state index contributed by atoms with van der Waals surface area (Å²) in [5.41, 5.74) is -6.46. The van der Waals surface area contributed by atoms with Crippen molar-refractivity contribution >= 4 is 44.9 Å². The van der Waals surface area contributed by atoms with E-state index in [4.69, 9.17) is 18.9 Å². The number of fused-ring (bicyclic) bond motifs is 3. The minimum absolute atomic E-state index is 0.0142. The van der Waals surface area contributed by atoms with Crippen molar-refractivity contribution in [1.82, 2.24) is 30.2 Å². The molecule has 348 valence electrons. The van der Waals surface area contributed by atoms with Gasteiger partial charge in [-0.25, -0.2) is 23.2 Å². The van der Waals surface area contributed by atoms with Gasteiger partial charge in [0.15, 0.2) is 11.5 Å². The first kappa shape index (κ1) is 47.4. The Labute approximate surface area is 359 Å². The number of rotatable bonds is 9. The number of ether oxygens (including phenoxy) is 4. The van der Waals surface area contributed by atoms with Gasteiger partial charge in [0, 0.05) is 24.5 Å². The zero-order valence-corrected chi connectivity index (χ0v) is 36.3. The Balaban J connectivity index is 1.38. The molecular weight excluding hydrogens is 871 g/mol. The molecule has 1 aromatic carbocycles. The summed E-state index contributed by atoms with van der Waals surface area (Å²) < 4.78 is 131. The van der Waals surface area contributed by atoms with Gasteiger partial charge in [0.2, 0.25) is 39.0 Å². The van der Waals surface area contributed by atoms with Gasteiger partial charge in [0.1, 0.15) is 23.7 Å². The first-order valence-corrected chi connectivity index (χ1v) is 21.7. The molecule has 4 amide bonds. The van der Waals surface area contributed by atoms with E-state index in [0.717, 1.165) is 18.1 Å². The van der Waals surface area contributed by atoms with Crippen molar-refractivity contribution in [3.05, 3.63) is 30.0 Å². The van der Waals surface area contributed by atoms with Crippen LogP contribution in [0.3, 0.4) is 0 Å². The van der Waals surface area contributed by atoms with E-state index in [1.807, 2.05) is 6.92 Å². The molecule has 7 atom stereocenters. The molecule has 7 unspecified atom stereocenters. The van der Waals surface area contributed by atoms with Crippen molar-refractivity contribution < 1.29 is 72.9 Å². The van der Waals surface area contributed by atoms with E-state index in [9.17, 15) is 53.9 Å². The number of amides is 4. The maximum absolute atomic E-state index is 14.8. The number of methoxy groups -OCH3 is 2. The Morgan fingerprint density at radius 1 is 0.968 bits per heavy atom. The Hall–Kier alpha value is -5.09. The number of hydrogen-bond acceptors (Lipinski definition) is 12. The van der Waals surface area contributed by atoms with E-state index in [1.54, 1.807) is 19.1 Å². The van der Waals surface area contributed by atoms with E-state index < -0.39 is 110 Å². The summed E-state index contributed by atoms with van der Waals surface area (Å²) in [7, 11) is -1.97. The predicted molar refractivity (Wildman–Crippen MR) is 211 cm³/mol. The molecule has 3 heterocycles. The average Bonchev–Trinajstić information content (AvgIpc) is 4.06. The number of carbonyl (C=O) groups is 4. The van der Waals surface area contributed by atoms with Crippen molar-refractivity contribution in [2.75, 3.05) is 20.8 Å². The number of halogens is 6. The van der Waals surface area contributed by atoms with Gasteiger partial charge in [-0.1, -0.05) is 26.0 Å². The van der Waals surface area contributed by atoms with Crippen LogP contribution in [0.15, 0.2) is 24.3 Å². The van der Waals surface area contributed by atoms with Gasteiger partial charge in [-0.3, -0.25) is 19.1 Å². The second-order valence-corrected chi connectivity index (χ2v) is 19.7. The summed E-state index contributed by atoms with van der Waals surface area (Å²) in [4.78, 5) is 65.1. The van der Waals surface area contributed by atoms with Gasteiger partial charge >= 0.3 is 18.4 Å². The molecular formula is C40H50F6N6O10S. The third-order valence-electron chi connectivity index (χ3n) is 12.2. The Kier molecular flexibility index (Phi) is 12.6. The number of alkyl halides is 6. The number of hydrogen-bond donors (Lipinski definition) is 3. The average molecular weight is 921 g/mol. The van der Waals surface area contributed by atoms with Gasteiger partial charge in [-0.05, 0) is 71.1 Å². The quantitative estimate of drug-likeness (QED) is 0.216. The second-order valence-electron chi connectivity index (χ2n) is 17.6. The van der Waals surface area contributed by atoms with Crippen LogP contribution in [-0.4, -0.2) is 108 Å². The summed E-state index contributed by atoms with van der Waals surface area (Å²) in [6.45, 7) is 5.84. The van der Waals surface area contributed by atoms with Gasteiger partial charge in [-0.15, -0.1) is 0 Å². The highest BCUT2D eigenvalue weighted by molar-refractivity contribution is 7.91. The fraction of sp³-hybridized carbons (Fsp3) is 0.650. The van der Waals surface area contributed by atoms with Crippen LogP contribution in [0.2, 0.25) is 0 Å². The topological polar surface area (TPSA) is 204 Å². The third-order valence-corrected chi connectivity index (χ3v) is 14.4. The number of sulfonamides is 1. The molecule has 4 aliphatic rings. The van der Waals surface area contributed by atoms with Crippen molar-refractivity contribution in [3.8, 4) is 17.4 Å². The summed E-state index contributed by atoms with van der Waals surface area (Å²) in [5.74, 6) is -5.34. The number of carbonyl (C=O) groups excluding carboxylic acids is 4. The van der Waals surface area contributed by atoms with Crippen LogP contribution in [0, 0.1) is 17.8 Å². The molecule has 2 aromatic rings. The minimum Gasteiger partial charge on any atom is -0.493 e. The van der Waals surface area contributed by atoms with Crippen molar-refractivity contribution in [2.24, 2.45) is 17.8 Å². The van der Waals surface area contributed by atoms with Crippen LogP contribution in [-0.2, 0) is 35.3 Å². The van der Waals surface area contributed by atoms with Crippen LogP contribution in [0.25, 0.3) is 11.0 Å². The Morgan fingerprint density at radius 2 is 1.62 bits per heavy atom. The first-order chi connectivity index (χ1) is 29.1. The van der Waals surface area contributed by atoms with E-state index in [-0.39, 0.29) is 47.7 Å². The monoisotopic (exact) mass is 920 g/mol. The van der Waals surface area contributed by atoms with Crippen LogP contribution in [0.1, 0.15) is 85.3 Å². The van der Waals surface area contributed by atoms with Crippen LogP contribution in [0.5, 0.6) is 17.4 Å². The maximum Gasteiger partial charge on any atom is 0.438 e. The molecule has 0 spiro atoms.